The first-order chi connectivity index (χ1) is 9.18. The van der Waals surface area contributed by atoms with Crippen molar-refractivity contribution in [2.75, 3.05) is 0 Å². The number of hydrogen-bond acceptors (Lipinski definition) is 1. The molecule has 0 radical (unpaired) electrons. The molecule has 3 saturated carbocycles. The fourth-order valence-corrected chi connectivity index (χ4v) is 6.33. The Morgan fingerprint density at radius 2 is 2.05 bits per heavy atom. The molecule has 0 spiro atoms. The van der Waals surface area contributed by atoms with Gasteiger partial charge in [-0.1, -0.05) is 18.6 Å². The number of aliphatic hydroxyl groups excluding tert-OH is 1. The molecule has 0 saturated heterocycles. The average molecular weight is 260 g/mol. The van der Waals surface area contributed by atoms with Gasteiger partial charge in [0.1, 0.15) is 0 Å². The molecular weight excluding hydrogens is 232 g/mol. The van der Waals surface area contributed by atoms with Crippen molar-refractivity contribution >= 4 is 0 Å². The van der Waals surface area contributed by atoms with Crippen LogP contribution in [0.5, 0.6) is 0 Å². The second-order valence-corrected chi connectivity index (χ2v) is 7.98. The third-order valence-corrected chi connectivity index (χ3v) is 7.34. The molecular formula is C18H28O. The number of aliphatic hydroxyl groups is 1. The summed E-state index contributed by atoms with van der Waals surface area (Å²) in [5.74, 6) is 3.70. The van der Waals surface area contributed by atoms with Crippen LogP contribution in [0.15, 0.2) is 11.6 Å². The van der Waals surface area contributed by atoms with E-state index in [1.807, 2.05) is 5.57 Å². The Morgan fingerprint density at radius 1 is 1.16 bits per heavy atom. The van der Waals surface area contributed by atoms with Gasteiger partial charge >= 0.3 is 0 Å². The lowest BCUT2D eigenvalue weighted by molar-refractivity contribution is -0.0897. The first-order valence-corrected chi connectivity index (χ1v) is 8.55. The topological polar surface area (TPSA) is 20.2 Å². The smallest absolute Gasteiger partial charge is 0.0543 e. The quantitative estimate of drug-likeness (QED) is 0.643. The summed E-state index contributed by atoms with van der Waals surface area (Å²) in [5.41, 5.74) is 2.37. The van der Waals surface area contributed by atoms with Crippen LogP contribution in [-0.2, 0) is 0 Å². The Kier molecular flexibility index (Phi) is 2.85. The average Bonchev–Trinajstić information content (AvgIpc) is 2.88. The Balaban J connectivity index is 1.62. The monoisotopic (exact) mass is 260 g/mol. The van der Waals surface area contributed by atoms with E-state index in [1.54, 1.807) is 0 Å². The van der Waals surface area contributed by atoms with Crippen LogP contribution in [-0.4, -0.2) is 11.2 Å². The van der Waals surface area contributed by atoms with E-state index in [1.165, 1.54) is 44.9 Å². The Bertz CT molecular complexity index is 398. The first kappa shape index (κ1) is 12.4. The van der Waals surface area contributed by atoms with Gasteiger partial charge in [-0.05, 0) is 86.9 Å². The van der Waals surface area contributed by atoms with Gasteiger partial charge in [-0.25, -0.2) is 0 Å². The maximum atomic E-state index is 10.00. The van der Waals surface area contributed by atoms with E-state index in [2.05, 4.69) is 13.0 Å². The maximum Gasteiger partial charge on any atom is 0.0543 e. The molecule has 4 rings (SSSR count). The third kappa shape index (κ3) is 1.77. The molecule has 4 aliphatic carbocycles. The minimum atomic E-state index is 0.000142. The van der Waals surface area contributed by atoms with Crippen molar-refractivity contribution in [3.05, 3.63) is 11.6 Å². The van der Waals surface area contributed by atoms with Gasteiger partial charge in [-0.3, -0.25) is 0 Å². The highest BCUT2D eigenvalue weighted by atomic mass is 16.3. The van der Waals surface area contributed by atoms with Crippen LogP contribution in [0, 0.1) is 29.1 Å². The summed E-state index contributed by atoms with van der Waals surface area (Å²) in [4.78, 5) is 0. The molecule has 0 bridgehead atoms. The minimum Gasteiger partial charge on any atom is -0.393 e. The number of fused-ring (bicyclic) bond motifs is 5. The molecule has 4 aliphatic rings. The van der Waals surface area contributed by atoms with E-state index in [0.717, 1.165) is 36.5 Å². The summed E-state index contributed by atoms with van der Waals surface area (Å²) in [6, 6.07) is 0. The molecule has 6 unspecified atom stereocenters. The van der Waals surface area contributed by atoms with Crippen LogP contribution < -0.4 is 0 Å². The van der Waals surface area contributed by atoms with Gasteiger partial charge < -0.3 is 5.11 Å². The van der Waals surface area contributed by atoms with E-state index in [9.17, 15) is 5.11 Å². The molecule has 0 aliphatic heterocycles. The number of rotatable bonds is 0. The molecule has 0 amide bonds. The minimum absolute atomic E-state index is 0.000142. The zero-order valence-corrected chi connectivity index (χ0v) is 12.3. The van der Waals surface area contributed by atoms with Crippen molar-refractivity contribution in [2.24, 2.45) is 29.1 Å². The lowest BCUT2D eigenvalue weighted by Crippen LogP contribution is -2.50. The number of allylic oxidation sites excluding steroid dienone is 2. The fourth-order valence-electron chi connectivity index (χ4n) is 6.33. The lowest BCUT2D eigenvalue weighted by Gasteiger charge is -2.58. The standard InChI is InChI=1S/C18H28O/c1-18-10-9-14(19)11-13(18)6-7-16-15-4-2-3-12(15)5-8-17(16)18/h3,13-17,19H,2,4-11H2,1H3. The zero-order chi connectivity index (χ0) is 13.0. The van der Waals surface area contributed by atoms with E-state index >= 15 is 0 Å². The normalized spacial score (nSPS) is 52.9. The van der Waals surface area contributed by atoms with Crippen molar-refractivity contribution in [1.82, 2.24) is 0 Å². The van der Waals surface area contributed by atoms with Crippen molar-refractivity contribution in [3.8, 4) is 0 Å². The Morgan fingerprint density at radius 3 is 2.95 bits per heavy atom. The largest absolute Gasteiger partial charge is 0.393 e. The molecule has 0 aromatic heterocycles. The van der Waals surface area contributed by atoms with Crippen LogP contribution in [0.4, 0.5) is 0 Å². The second kappa shape index (κ2) is 4.35. The molecule has 1 heteroatoms. The summed E-state index contributed by atoms with van der Waals surface area (Å²) < 4.78 is 0. The van der Waals surface area contributed by atoms with Crippen LogP contribution in [0.1, 0.15) is 64.7 Å². The highest BCUT2D eigenvalue weighted by Gasteiger charge is 2.53. The summed E-state index contributed by atoms with van der Waals surface area (Å²) in [7, 11) is 0. The Hall–Kier alpha value is -0.300. The van der Waals surface area contributed by atoms with E-state index in [4.69, 9.17) is 0 Å². The molecule has 0 heterocycles. The van der Waals surface area contributed by atoms with Gasteiger partial charge in [-0.15, -0.1) is 0 Å². The van der Waals surface area contributed by atoms with Gasteiger partial charge in [0, 0.05) is 0 Å². The highest BCUT2D eigenvalue weighted by Crippen LogP contribution is 2.62. The molecule has 0 aromatic carbocycles. The van der Waals surface area contributed by atoms with Gasteiger partial charge in [0.2, 0.25) is 0 Å². The van der Waals surface area contributed by atoms with Crippen LogP contribution in [0.3, 0.4) is 0 Å². The van der Waals surface area contributed by atoms with Gasteiger partial charge in [0.15, 0.2) is 0 Å². The fraction of sp³-hybridized carbons (Fsp3) is 0.889. The Labute approximate surface area is 117 Å². The molecule has 3 fully saturated rings. The van der Waals surface area contributed by atoms with E-state index < -0.39 is 0 Å². The summed E-state index contributed by atoms with van der Waals surface area (Å²) >= 11 is 0. The molecule has 6 atom stereocenters. The van der Waals surface area contributed by atoms with E-state index in [0.29, 0.717) is 5.41 Å². The summed E-state index contributed by atoms with van der Waals surface area (Å²) in [6.07, 6.45) is 14.4. The summed E-state index contributed by atoms with van der Waals surface area (Å²) in [6.45, 7) is 2.57. The van der Waals surface area contributed by atoms with Crippen LogP contribution in [0.25, 0.3) is 0 Å². The molecule has 1 nitrogen and oxygen atoms in total. The lowest BCUT2D eigenvalue weighted by atomic mass is 9.47. The second-order valence-electron chi connectivity index (χ2n) is 7.98. The molecule has 19 heavy (non-hydrogen) atoms. The van der Waals surface area contributed by atoms with Crippen LogP contribution >= 0.6 is 0 Å². The molecule has 106 valence electrons. The van der Waals surface area contributed by atoms with Crippen molar-refractivity contribution in [2.45, 2.75) is 70.8 Å². The maximum absolute atomic E-state index is 10.00. The highest BCUT2D eigenvalue weighted by molar-refractivity contribution is 5.20. The first-order valence-electron chi connectivity index (χ1n) is 8.55. The predicted octanol–water partition coefficient (Wildman–Crippen LogP) is 4.31. The molecule has 0 aromatic rings. The van der Waals surface area contributed by atoms with Gasteiger partial charge in [-0.2, -0.15) is 0 Å². The van der Waals surface area contributed by atoms with Crippen molar-refractivity contribution < 1.29 is 5.11 Å². The molecule has 1 N–H and O–H groups in total. The number of hydrogen-bond donors (Lipinski definition) is 1. The van der Waals surface area contributed by atoms with Gasteiger partial charge in [0.25, 0.3) is 0 Å². The van der Waals surface area contributed by atoms with E-state index in [-0.39, 0.29) is 6.10 Å². The summed E-state index contributed by atoms with van der Waals surface area (Å²) in [5, 5.41) is 10.00. The predicted molar refractivity (Wildman–Crippen MR) is 77.7 cm³/mol. The SMILES string of the molecule is CC12CCC(O)CC1CCC1C3CCC=C3CCC12. The zero-order valence-electron chi connectivity index (χ0n) is 12.3. The van der Waals surface area contributed by atoms with Crippen molar-refractivity contribution in [3.63, 3.8) is 0 Å². The van der Waals surface area contributed by atoms with Gasteiger partial charge in [0.05, 0.1) is 6.10 Å². The van der Waals surface area contributed by atoms with Crippen molar-refractivity contribution in [1.29, 1.82) is 0 Å². The van der Waals surface area contributed by atoms with Crippen LogP contribution in [0.2, 0.25) is 0 Å². The third-order valence-electron chi connectivity index (χ3n) is 7.34.